The topological polar surface area (TPSA) is 53.4 Å². The van der Waals surface area contributed by atoms with Crippen molar-refractivity contribution in [2.45, 2.75) is 59.1 Å². The standard InChI is InChI=1S/C16H26N2O3/c1-11(2)14(8-10-20-4)21-16(19)15-13-7-5-6-9-18(13)12(3)17-15/h11,14H,5-10H2,1-4H3. The van der Waals surface area contributed by atoms with Crippen LogP contribution in [-0.4, -0.2) is 35.3 Å². The Bertz CT molecular complexity index is 494. The number of hydrogen-bond acceptors (Lipinski definition) is 4. The van der Waals surface area contributed by atoms with Crippen LogP contribution >= 0.6 is 0 Å². The molecule has 1 unspecified atom stereocenters. The number of esters is 1. The van der Waals surface area contributed by atoms with E-state index in [-0.39, 0.29) is 18.0 Å². The van der Waals surface area contributed by atoms with E-state index >= 15 is 0 Å². The summed E-state index contributed by atoms with van der Waals surface area (Å²) in [4.78, 5) is 16.9. The molecule has 0 saturated carbocycles. The fourth-order valence-electron chi connectivity index (χ4n) is 2.84. The number of aromatic nitrogens is 2. The van der Waals surface area contributed by atoms with E-state index in [4.69, 9.17) is 9.47 Å². The lowest BCUT2D eigenvalue weighted by Crippen LogP contribution is -2.26. The molecule has 0 N–H and O–H groups in total. The lowest BCUT2D eigenvalue weighted by atomic mass is 10.0. The molecule has 0 amide bonds. The number of aryl methyl sites for hydroxylation is 1. The van der Waals surface area contributed by atoms with Gasteiger partial charge in [0.1, 0.15) is 11.9 Å². The first-order chi connectivity index (χ1) is 10.0. The number of imidazole rings is 1. The van der Waals surface area contributed by atoms with Gasteiger partial charge in [0.05, 0.1) is 5.69 Å². The predicted molar refractivity (Wildman–Crippen MR) is 80.4 cm³/mol. The van der Waals surface area contributed by atoms with Gasteiger partial charge in [0.2, 0.25) is 0 Å². The van der Waals surface area contributed by atoms with E-state index in [0.717, 1.165) is 43.7 Å². The summed E-state index contributed by atoms with van der Waals surface area (Å²) in [6.45, 7) is 7.62. The summed E-state index contributed by atoms with van der Waals surface area (Å²) < 4.78 is 12.9. The van der Waals surface area contributed by atoms with Crippen LogP contribution in [0.25, 0.3) is 0 Å². The summed E-state index contributed by atoms with van der Waals surface area (Å²) in [5.41, 5.74) is 1.55. The Balaban J connectivity index is 2.12. The molecule has 0 spiro atoms. The molecule has 2 rings (SSSR count). The van der Waals surface area contributed by atoms with Gasteiger partial charge in [0.25, 0.3) is 0 Å². The van der Waals surface area contributed by atoms with Crippen LogP contribution in [0, 0.1) is 12.8 Å². The third-order valence-corrected chi connectivity index (χ3v) is 4.11. The second kappa shape index (κ2) is 7.07. The number of fused-ring (bicyclic) bond motifs is 1. The van der Waals surface area contributed by atoms with Gasteiger partial charge in [-0.3, -0.25) is 0 Å². The molecule has 0 aromatic carbocycles. The summed E-state index contributed by atoms with van der Waals surface area (Å²) >= 11 is 0. The van der Waals surface area contributed by atoms with Gasteiger partial charge in [-0.2, -0.15) is 0 Å². The van der Waals surface area contributed by atoms with Gasteiger partial charge in [0, 0.05) is 26.7 Å². The van der Waals surface area contributed by atoms with Crippen molar-refractivity contribution < 1.29 is 14.3 Å². The third kappa shape index (κ3) is 3.64. The van der Waals surface area contributed by atoms with Crippen molar-refractivity contribution in [2.75, 3.05) is 13.7 Å². The fourth-order valence-corrected chi connectivity index (χ4v) is 2.84. The highest BCUT2D eigenvalue weighted by Crippen LogP contribution is 2.22. The number of hydrogen-bond donors (Lipinski definition) is 0. The maximum Gasteiger partial charge on any atom is 0.359 e. The van der Waals surface area contributed by atoms with Gasteiger partial charge in [-0.1, -0.05) is 13.8 Å². The van der Waals surface area contributed by atoms with Crippen LogP contribution in [0.15, 0.2) is 0 Å². The fraction of sp³-hybridized carbons (Fsp3) is 0.750. The monoisotopic (exact) mass is 294 g/mol. The van der Waals surface area contributed by atoms with Crippen LogP contribution in [0.1, 0.15) is 55.1 Å². The Morgan fingerprint density at radius 1 is 1.38 bits per heavy atom. The maximum atomic E-state index is 12.5. The molecule has 0 saturated heterocycles. The maximum absolute atomic E-state index is 12.5. The lowest BCUT2D eigenvalue weighted by molar-refractivity contribution is 0.00759. The zero-order chi connectivity index (χ0) is 15.4. The highest BCUT2D eigenvalue weighted by molar-refractivity contribution is 5.89. The molecule has 5 nitrogen and oxygen atoms in total. The van der Waals surface area contributed by atoms with Crippen molar-refractivity contribution in [3.63, 3.8) is 0 Å². The molecule has 0 radical (unpaired) electrons. The molecule has 0 aliphatic carbocycles. The number of ether oxygens (including phenoxy) is 2. The first-order valence-electron chi connectivity index (χ1n) is 7.80. The van der Waals surface area contributed by atoms with E-state index in [1.807, 2.05) is 6.92 Å². The Labute approximate surface area is 126 Å². The highest BCUT2D eigenvalue weighted by atomic mass is 16.5. The zero-order valence-corrected chi connectivity index (χ0v) is 13.5. The summed E-state index contributed by atoms with van der Waals surface area (Å²) in [6, 6.07) is 0. The molecule has 21 heavy (non-hydrogen) atoms. The third-order valence-electron chi connectivity index (χ3n) is 4.11. The van der Waals surface area contributed by atoms with Crippen molar-refractivity contribution in [3.8, 4) is 0 Å². The lowest BCUT2D eigenvalue weighted by Gasteiger charge is -2.21. The summed E-state index contributed by atoms with van der Waals surface area (Å²) in [7, 11) is 1.66. The quantitative estimate of drug-likeness (QED) is 0.757. The second-order valence-electron chi connectivity index (χ2n) is 6.03. The SMILES string of the molecule is COCCC(OC(=O)c1nc(C)n2c1CCCC2)C(C)C. The van der Waals surface area contributed by atoms with Crippen LogP contribution in [0.2, 0.25) is 0 Å². The van der Waals surface area contributed by atoms with Crippen molar-refractivity contribution >= 4 is 5.97 Å². The van der Waals surface area contributed by atoms with Crippen LogP contribution in [0.5, 0.6) is 0 Å². The molecule has 2 heterocycles. The van der Waals surface area contributed by atoms with Crippen LogP contribution < -0.4 is 0 Å². The van der Waals surface area contributed by atoms with E-state index in [9.17, 15) is 4.79 Å². The predicted octanol–water partition coefficient (Wildman–Crippen LogP) is 2.75. The molecule has 1 atom stereocenters. The van der Waals surface area contributed by atoms with Gasteiger partial charge in [0.15, 0.2) is 5.69 Å². The molecule has 1 aliphatic heterocycles. The van der Waals surface area contributed by atoms with Gasteiger partial charge in [-0.15, -0.1) is 0 Å². The van der Waals surface area contributed by atoms with Gasteiger partial charge in [-0.05, 0) is 32.1 Å². The van der Waals surface area contributed by atoms with Gasteiger partial charge >= 0.3 is 5.97 Å². The molecule has 5 heteroatoms. The van der Waals surface area contributed by atoms with Gasteiger partial charge < -0.3 is 14.0 Å². The number of carbonyl (C=O) groups is 1. The Hall–Kier alpha value is -1.36. The molecule has 1 aromatic heterocycles. The molecule has 0 fully saturated rings. The molecular weight excluding hydrogens is 268 g/mol. The number of methoxy groups -OCH3 is 1. The second-order valence-corrected chi connectivity index (χ2v) is 6.03. The molecular formula is C16H26N2O3. The Morgan fingerprint density at radius 3 is 2.81 bits per heavy atom. The summed E-state index contributed by atoms with van der Waals surface area (Å²) in [6.07, 6.45) is 3.77. The molecule has 118 valence electrons. The van der Waals surface area contributed by atoms with Gasteiger partial charge in [-0.25, -0.2) is 9.78 Å². The first kappa shape index (κ1) is 16.0. The first-order valence-corrected chi connectivity index (χ1v) is 7.80. The summed E-state index contributed by atoms with van der Waals surface area (Å²) in [5.74, 6) is 0.891. The smallest absolute Gasteiger partial charge is 0.359 e. The van der Waals surface area contributed by atoms with E-state index in [1.54, 1.807) is 7.11 Å². The van der Waals surface area contributed by atoms with Crippen molar-refractivity contribution in [1.82, 2.24) is 9.55 Å². The average Bonchev–Trinajstić information content (AvgIpc) is 2.81. The Kier molecular flexibility index (Phi) is 5.39. The van der Waals surface area contributed by atoms with Crippen molar-refractivity contribution in [1.29, 1.82) is 0 Å². The van der Waals surface area contributed by atoms with Crippen LogP contribution in [-0.2, 0) is 22.4 Å². The van der Waals surface area contributed by atoms with E-state index in [1.165, 1.54) is 0 Å². The highest BCUT2D eigenvalue weighted by Gasteiger charge is 2.26. The van der Waals surface area contributed by atoms with E-state index in [2.05, 4.69) is 23.4 Å². The minimum atomic E-state index is -0.288. The molecule has 0 bridgehead atoms. The number of rotatable bonds is 6. The van der Waals surface area contributed by atoms with Crippen LogP contribution in [0.4, 0.5) is 0 Å². The van der Waals surface area contributed by atoms with Crippen molar-refractivity contribution in [2.24, 2.45) is 5.92 Å². The van der Waals surface area contributed by atoms with E-state index < -0.39 is 0 Å². The van der Waals surface area contributed by atoms with Crippen LogP contribution in [0.3, 0.4) is 0 Å². The average molecular weight is 294 g/mol. The minimum absolute atomic E-state index is 0.126. The minimum Gasteiger partial charge on any atom is -0.457 e. The van der Waals surface area contributed by atoms with E-state index in [0.29, 0.717) is 12.3 Å². The summed E-state index contributed by atoms with van der Waals surface area (Å²) in [5, 5.41) is 0. The normalized spacial score (nSPS) is 15.9. The zero-order valence-electron chi connectivity index (χ0n) is 13.5. The number of nitrogens with zero attached hydrogens (tertiary/aromatic N) is 2. The van der Waals surface area contributed by atoms with Crippen molar-refractivity contribution in [3.05, 3.63) is 17.2 Å². The molecule has 1 aliphatic rings. The molecule has 1 aromatic rings. The number of carbonyl (C=O) groups excluding carboxylic acids is 1. The Morgan fingerprint density at radius 2 is 2.14 bits per heavy atom. The largest absolute Gasteiger partial charge is 0.457 e.